The van der Waals surface area contributed by atoms with E-state index >= 15 is 0 Å². The Morgan fingerprint density at radius 2 is 2.10 bits per heavy atom. The molecule has 114 valence electrons. The van der Waals surface area contributed by atoms with Crippen molar-refractivity contribution in [1.29, 1.82) is 0 Å². The molecule has 0 saturated carbocycles. The molecule has 1 amide bonds. The Morgan fingerprint density at radius 1 is 1.38 bits per heavy atom. The van der Waals surface area contributed by atoms with Gasteiger partial charge in [0.2, 0.25) is 5.91 Å². The molecule has 5 nitrogen and oxygen atoms in total. The number of hydrogen-bond donors (Lipinski definition) is 2. The third kappa shape index (κ3) is 3.74. The van der Waals surface area contributed by atoms with Gasteiger partial charge in [0.1, 0.15) is 12.1 Å². The third-order valence-corrected chi connectivity index (χ3v) is 3.60. The summed E-state index contributed by atoms with van der Waals surface area (Å²) < 4.78 is 4.76. The van der Waals surface area contributed by atoms with Crippen LogP contribution in [0, 0.1) is 5.92 Å². The van der Waals surface area contributed by atoms with E-state index in [1.54, 1.807) is 0 Å². The van der Waals surface area contributed by atoms with Gasteiger partial charge in [-0.1, -0.05) is 32.0 Å². The molecule has 5 heteroatoms. The smallest absolute Gasteiger partial charge is 0.328 e. The lowest BCUT2D eigenvalue weighted by atomic mass is 10.0. The number of carbonyl (C=O) groups excluding carboxylic acids is 2. The standard InChI is InChI=1S/C16H22N2O3/c1-10(2)8-14(16(20)21-3)18-15(19)13-9-11-6-4-5-7-12(11)17-13/h4-7,10,13-14,17H,8-9H2,1-3H3,(H,18,19). The van der Waals surface area contributed by atoms with Crippen molar-refractivity contribution in [3.63, 3.8) is 0 Å². The topological polar surface area (TPSA) is 67.4 Å². The molecule has 0 saturated heterocycles. The van der Waals surface area contributed by atoms with Crippen molar-refractivity contribution in [3.8, 4) is 0 Å². The number of fused-ring (bicyclic) bond motifs is 1. The number of methoxy groups -OCH3 is 1. The number of nitrogens with one attached hydrogen (secondary N) is 2. The number of anilines is 1. The van der Waals surface area contributed by atoms with Crippen molar-refractivity contribution in [3.05, 3.63) is 29.8 Å². The van der Waals surface area contributed by atoms with Gasteiger partial charge in [0, 0.05) is 12.1 Å². The van der Waals surface area contributed by atoms with Crippen molar-refractivity contribution in [2.75, 3.05) is 12.4 Å². The molecule has 1 aromatic carbocycles. The first-order valence-corrected chi connectivity index (χ1v) is 7.24. The summed E-state index contributed by atoms with van der Waals surface area (Å²) in [6.07, 6.45) is 1.20. The van der Waals surface area contributed by atoms with Crippen LogP contribution in [0.25, 0.3) is 0 Å². The molecule has 0 aliphatic carbocycles. The molecule has 0 aromatic heterocycles. The average Bonchev–Trinajstić information content (AvgIpc) is 2.89. The SMILES string of the molecule is COC(=O)C(CC(C)C)NC(=O)C1Cc2ccccc2N1. The van der Waals surface area contributed by atoms with Crippen molar-refractivity contribution in [2.24, 2.45) is 5.92 Å². The summed E-state index contributed by atoms with van der Waals surface area (Å²) in [5, 5.41) is 5.99. The van der Waals surface area contributed by atoms with Gasteiger partial charge >= 0.3 is 5.97 Å². The molecular formula is C16H22N2O3. The van der Waals surface area contributed by atoms with E-state index in [0.29, 0.717) is 18.8 Å². The first kappa shape index (κ1) is 15.4. The van der Waals surface area contributed by atoms with Crippen LogP contribution in [0.4, 0.5) is 5.69 Å². The minimum atomic E-state index is -0.590. The van der Waals surface area contributed by atoms with Crippen molar-refractivity contribution < 1.29 is 14.3 Å². The molecule has 1 heterocycles. The highest BCUT2D eigenvalue weighted by molar-refractivity contribution is 5.91. The van der Waals surface area contributed by atoms with E-state index in [-0.39, 0.29) is 11.9 Å². The summed E-state index contributed by atoms with van der Waals surface area (Å²) in [6.45, 7) is 4.01. The number of ether oxygens (including phenoxy) is 1. The van der Waals surface area contributed by atoms with Crippen LogP contribution >= 0.6 is 0 Å². The van der Waals surface area contributed by atoms with Gasteiger partial charge in [0.05, 0.1) is 7.11 Å². The Hall–Kier alpha value is -2.04. The fraction of sp³-hybridized carbons (Fsp3) is 0.500. The molecule has 1 aliphatic rings. The number of carbonyl (C=O) groups is 2. The second-order valence-electron chi connectivity index (χ2n) is 5.77. The number of rotatable bonds is 5. The van der Waals surface area contributed by atoms with Gasteiger partial charge in [-0.05, 0) is 24.0 Å². The second-order valence-corrected chi connectivity index (χ2v) is 5.77. The van der Waals surface area contributed by atoms with Crippen LogP contribution in [0.2, 0.25) is 0 Å². The van der Waals surface area contributed by atoms with Gasteiger partial charge in [-0.3, -0.25) is 4.79 Å². The normalized spacial score (nSPS) is 17.8. The third-order valence-electron chi connectivity index (χ3n) is 3.60. The van der Waals surface area contributed by atoms with E-state index in [2.05, 4.69) is 10.6 Å². The van der Waals surface area contributed by atoms with Crippen LogP contribution in [0.3, 0.4) is 0 Å². The van der Waals surface area contributed by atoms with Crippen molar-refractivity contribution >= 4 is 17.6 Å². The predicted molar refractivity (Wildman–Crippen MR) is 81.0 cm³/mol. The van der Waals surface area contributed by atoms with Crippen LogP contribution in [0.1, 0.15) is 25.8 Å². The highest BCUT2D eigenvalue weighted by Crippen LogP contribution is 2.25. The Labute approximate surface area is 125 Å². The van der Waals surface area contributed by atoms with Crippen molar-refractivity contribution in [2.45, 2.75) is 38.8 Å². The highest BCUT2D eigenvalue weighted by atomic mass is 16.5. The van der Waals surface area contributed by atoms with E-state index in [1.165, 1.54) is 7.11 Å². The Kier molecular flexibility index (Phi) is 4.83. The Morgan fingerprint density at radius 3 is 2.71 bits per heavy atom. The van der Waals surface area contributed by atoms with E-state index in [1.807, 2.05) is 38.1 Å². The van der Waals surface area contributed by atoms with Crippen molar-refractivity contribution in [1.82, 2.24) is 5.32 Å². The molecule has 1 aromatic rings. The average molecular weight is 290 g/mol. The minimum Gasteiger partial charge on any atom is -0.467 e. The molecule has 2 N–H and O–H groups in total. The maximum absolute atomic E-state index is 12.3. The fourth-order valence-electron chi connectivity index (χ4n) is 2.56. The Balaban J connectivity index is 1.99. The number of hydrogen-bond acceptors (Lipinski definition) is 4. The monoisotopic (exact) mass is 290 g/mol. The fourth-order valence-corrected chi connectivity index (χ4v) is 2.56. The number of benzene rings is 1. The number of para-hydroxylation sites is 1. The van der Waals surface area contributed by atoms with Crippen LogP contribution in [-0.4, -0.2) is 31.1 Å². The quantitative estimate of drug-likeness (QED) is 0.810. The summed E-state index contributed by atoms with van der Waals surface area (Å²) >= 11 is 0. The molecule has 0 spiro atoms. The number of amides is 1. The highest BCUT2D eigenvalue weighted by Gasteiger charge is 2.30. The molecule has 0 fully saturated rings. The first-order chi connectivity index (χ1) is 10.0. The van der Waals surface area contributed by atoms with Gasteiger partial charge in [0.25, 0.3) is 0 Å². The second kappa shape index (κ2) is 6.61. The molecule has 2 rings (SSSR count). The van der Waals surface area contributed by atoms with Gasteiger partial charge in [0.15, 0.2) is 0 Å². The van der Waals surface area contributed by atoms with Gasteiger partial charge in [-0.2, -0.15) is 0 Å². The maximum atomic E-state index is 12.3. The first-order valence-electron chi connectivity index (χ1n) is 7.24. The lowest BCUT2D eigenvalue weighted by Crippen LogP contribution is -2.48. The zero-order valence-corrected chi connectivity index (χ0v) is 12.7. The molecular weight excluding hydrogens is 268 g/mol. The molecule has 21 heavy (non-hydrogen) atoms. The van der Waals surface area contributed by atoms with Crippen LogP contribution in [-0.2, 0) is 20.7 Å². The van der Waals surface area contributed by atoms with Gasteiger partial charge in [-0.25, -0.2) is 4.79 Å². The van der Waals surface area contributed by atoms with Crippen LogP contribution in [0.15, 0.2) is 24.3 Å². The Bertz CT molecular complexity index is 503. The predicted octanol–water partition coefficient (Wildman–Crippen LogP) is 1.73. The van der Waals surface area contributed by atoms with Crippen LogP contribution < -0.4 is 10.6 Å². The lowest BCUT2D eigenvalue weighted by Gasteiger charge is -2.20. The van der Waals surface area contributed by atoms with E-state index in [0.717, 1.165) is 11.3 Å². The minimum absolute atomic E-state index is 0.165. The van der Waals surface area contributed by atoms with E-state index in [9.17, 15) is 9.59 Å². The van der Waals surface area contributed by atoms with E-state index < -0.39 is 12.0 Å². The lowest BCUT2D eigenvalue weighted by molar-refractivity contribution is -0.145. The van der Waals surface area contributed by atoms with Gasteiger partial charge in [-0.15, -0.1) is 0 Å². The molecule has 2 atom stereocenters. The summed E-state index contributed by atoms with van der Waals surface area (Å²) in [7, 11) is 1.34. The summed E-state index contributed by atoms with van der Waals surface area (Å²) in [5.41, 5.74) is 2.10. The number of esters is 1. The van der Waals surface area contributed by atoms with Crippen LogP contribution in [0.5, 0.6) is 0 Å². The zero-order chi connectivity index (χ0) is 15.4. The summed E-state index contributed by atoms with van der Waals surface area (Å²) in [5.74, 6) is -0.266. The zero-order valence-electron chi connectivity index (χ0n) is 12.7. The molecule has 1 aliphatic heterocycles. The summed E-state index contributed by atoms with van der Waals surface area (Å²) in [6, 6.07) is 6.92. The molecule has 0 bridgehead atoms. The largest absolute Gasteiger partial charge is 0.467 e. The van der Waals surface area contributed by atoms with E-state index in [4.69, 9.17) is 4.74 Å². The molecule has 2 unspecified atom stereocenters. The summed E-state index contributed by atoms with van der Waals surface area (Å²) in [4.78, 5) is 24.1. The molecule has 0 radical (unpaired) electrons. The van der Waals surface area contributed by atoms with Gasteiger partial charge < -0.3 is 15.4 Å². The maximum Gasteiger partial charge on any atom is 0.328 e.